The third-order valence-corrected chi connectivity index (χ3v) is 3.38. The molecule has 1 aromatic carbocycles. The molecule has 2 heterocycles. The second kappa shape index (κ2) is 5.93. The normalized spacial score (nSPS) is 10.8. The molecule has 0 aliphatic rings. The van der Waals surface area contributed by atoms with Crippen molar-refractivity contribution in [1.29, 1.82) is 0 Å². The molecule has 112 valence electrons. The van der Waals surface area contributed by atoms with Crippen LogP contribution in [0.5, 0.6) is 0 Å². The van der Waals surface area contributed by atoms with Gasteiger partial charge in [0.25, 0.3) is 11.7 Å². The molecule has 1 N–H and O–H groups in total. The molecule has 2 aromatic heterocycles. The number of fused-ring (bicyclic) bond motifs is 1. The van der Waals surface area contributed by atoms with E-state index in [-0.39, 0.29) is 11.7 Å². The molecule has 0 saturated heterocycles. The largest absolute Gasteiger partial charge is 0.319 e. The van der Waals surface area contributed by atoms with E-state index in [1.165, 1.54) is 5.56 Å². The van der Waals surface area contributed by atoms with E-state index in [1.807, 2.05) is 37.3 Å². The van der Waals surface area contributed by atoms with E-state index in [4.69, 9.17) is 0 Å². The first-order valence-electron chi connectivity index (χ1n) is 7.26. The van der Waals surface area contributed by atoms with Crippen LogP contribution >= 0.6 is 0 Å². The van der Waals surface area contributed by atoms with Crippen molar-refractivity contribution in [1.82, 2.24) is 19.6 Å². The van der Waals surface area contributed by atoms with Crippen molar-refractivity contribution in [2.75, 3.05) is 5.32 Å². The summed E-state index contributed by atoms with van der Waals surface area (Å²) in [5.74, 6) is 0.191. The van der Waals surface area contributed by atoms with Gasteiger partial charge in [0.15, 0.2) is 0 Å². The number of carbonyl (C=O) groups is 1. The van der Waals surface area contributed by atoms with Gasteiger partial charge in [-0.25, -0.2) is 9.50 Å². The standard InChI is InChI=1S/C16H17N5O/c1-3-4-12-5-7-13(8-6-12)18-15(22)14-19-16-17-10-9-11(2)21(16)20-14/h5-10H,3-4H2,1-2H3,(H,18,22). The number of benzene rings is 1. The van der Waals surface area contributed by atoms with Crippen molar-refractivity contribution in [3.8, 4) is 0 Å². The fraction of sp³-hybridized carbons (Fsp3) is 0.250. The van der Waals surface area contributed by atoms with E-state index >= 15 is 0 Å². The lowest BCUT2D eigenvalue weighted by atomic mass is 10.1. The van der Waals surface area contributed by atoms with Crippen LogP contribution in [0.1, 0.15) is 35.2 Å². The van der Waals surface area contributed by atoms with Crippen LogP contribution in [-0.2, 0) is 6.42 Å². The molecule has 22 heavy (non-hydrogen) atoms. The first-order chi connectivity index (χ1) is 10.7. The monoisotopic (exact) mass is 295 g/mol. The minimum Gasteiger partial charge on any atom is -0.319 e. The highest BCUT2D eigenvalue weighted by Gasteiger charge is 2.14. The number of aryl methyl sites for hydroxylation is 2. The van der Waals surface area contributed by atoms with Gasteiger partial charge in [0, 0.05) is 17.6 Å². The molecule has 6 nitrogen and oxygen atoms in total. The van der Waals surface area contributed by atoms with Crippen LogP contribution < -0.4 is 5.32 Å². The van der Waals surface area contributed by atoms with Crippen LogP contribution in [0.3, 0.4) is 0 Å². The zero-order valence-electron chi connectivity index (χ0n) is 12.6. The Labute approximate surface area is 128 Å². The quantitative estimate of drug-likeness (QED) is 0.803. The number of anilines is 1. The summed E-state index contributed by atoms with van der Waals surface area (Å²) >= 11 is 0. The molecular weight excluding hydrogens is 278 g/mol. The average Bonchev–Trinajstić information content (AvgIpc) is 2.95. The van der Waals surface area contributed by atoms with E-state index in [0.29, 0.717) is 5.78 Å². The zero-order valence-corrected chi connectivity index (χ0v) is 12.6. The van der Waals surface area contributed by atoms with Crippen LogP contribution in [-0.4, -0.2) is 25.5 Å². The summed E-state index contributed by atoms with van der Waals surface area (Å²) in [6.45, 7) is 4.03. The van der Waals surface area contributed by atoms with E-state index in [0.717, 1.165) is 24.2 Å². The minimum absolute atomic E-state index is 0.111. The number of nitrogens with zero attached hydrogens (tertiary/aromatic N) is 4. The maximum absolute atomic E-state index is 12.2. The van der Waals surface area contributed by atoms with Crippen LogP contribution in [0.2, 0.25) is 0 Å². The second-order valence-corrected chi connectivity index (χ2v) is 5.13. The predicted molar refractivity (Wildman–Crippen MR) is 83.9 cm³/mol. The maximum atomic E-state index is 12.2. The predicted octanol–water partition coefficient (Wildman–Crippen LogP) is 2.64. The van der Waals surface area contributed by atoms with Gasteiger partial charge >= 0.3 is 0 Å². The highest BCUT2D eigenvalue weighted by molar-refractivity contribution is 6.01. The molecule has 3 rings (SSSR count). The van der Waals surface area contributed by atoms with Crippen molar-refractivity contribution in [2.45, 2.75) is 26.7 Å². The third-order valence-electron chi connectivity index (χ3n) is 3.38. The Morgan fingerprint density at radius 2 is 2.00 bits per heavy atom. The van der Waals surface area contributed by atoms with Gasteiger partial charge in [-0.15, -0.1) is 5.10 Å². The second-order valence-electron chi connectivity index (χ2n) is 5.13. The maximum Gasteiger partial charge on any atom is 0.295 e. The number of carbonyl (C=O) groups excluding carboxylic acids is 1. The SMILES string of the molecule is CCCc1ccc(NC(=O)c2nc3nccc(C)n3n2)cc1. The molecular formula is C16H17N5O. The Balaban J connectivity index is 1.79. The van der Waals surface area contributed by atoms with Crippen LogP contribution in [0.4, 0.5) is 5.69 Å². The van der Waals surface area contributed by atoms with E-state index < -0.39 is 0 Å². The average molecular weight is 295 g/mol. The Bertz CT molecular complexity index is 807. The molecule has 1 amide bonds. The Hall–Kier alpha value is -2.76. The third kappa shape index (κ3) is 2.81. The molecule has 0 aliphatic carbocycles. The summed E-state index contributed by atoms with van der Waals surface area (Å²) in [4.78, 5) is 20.5. The molecule has 0 aliphatic heterocycles. The summed E-state index contributed by atoms with van der Waals surface area (Å²) < 4.78 is 1.55. The first kappa shape index (κ1) is 14.2. The van der Waals surface area contributed by atoms with Gasteiger partial charge in [0.2, 0.25) is 5.82 Å². The Morgan fingerprint density at radius 1 is 1.23 bits per heavy atom. The van der Waals surface area contributed by atoms with Crippen LogP contribution in [0.25, 0.3) is 5.78 Å². The van der Waals surface area contributed by atoms with E-state index in [9.17, 15) is 4.79 Å². The van der Waals surface area contributed by atoms with Gasteiger partial charge in [-0.3, -0.25) is 4.79 Å². The van der Waals surface area contributed by atoms with E-state index in [2.05, 4.69) is 27.3 Å². The molecule has 0 fully saturated rings. The van der Waals surface area contributed by atoms with Gasteiger partial charge in [0.1, 0.15) is 0 Å². The van der Waals surface area contributed by atoms with Gasteiger partial charge < -0.3 is 5.32 Å². The lowest BCUT2D eigenvalue weighted by molar-refractivity contribution is 0.101. The summed E-state index contributed by atoms with van der Waals surface area (Å²) in [6, 6.07) is 9.63. The lowest BCUT2D eigenvalue weighted by Crippen LogP contribution is -2.14. The zero-order chi connectivity index (χ0) is 15.5. The Morgan fingerprint density at radius 3 is 2.68 bits per heavy atom. The number of aromatic nitrogens is 4. The molecule has 0 spiro atoms. The summed E-state index contributed by atoms with van der Waals surface area (Å²) in [7, 11) is 0. The number of hydrogen-bond donors (Lipinski definition) is 1. The highest BCUT2D eigenvalue weighted by atomic mass is 16.2. The lowest BCUT2D eigenvalue weighted by Gasteiger charge is -2.04. The molecule has 6 heteroatoms. The van der Waals surface area contributed by atoms with Gasteiger partial charge in [-0.05, 0) is 37.1 Å². The van der Waals surface area contributed by atoms with Crippen molar-refractivity contribution in [3.05, 3.63) is 53.6 Å². The summed E-state index contributed by atoms with van der Waals surface area (Å²) in [6.07, 6.45) is 3.78. The fourth-order valence-electron chi connectivity index (χ4n) is 2.23. The Kier molecular flexibility index (Phi) is 3.82. The molecule has 3 aromatic rings. The molecule has 0 unspecified atom stereocenters. The van der Waals surface area contributed by atoms with Crippen LogP contribution in [0, 0.1) is 6.92 Å². The minimum atomic E-state index is -0.340. The van der Waals surface area contributed by atoms with Gasteiger partial charge in [-0.1, -0.05) is 25.5 Å². The number of nitrogens with one attached hydrogen (secondary N) is 1. The summed E-state index contributed by atoms with van der Waals surface area (Å²) in [5.41, 5.74) is 2.86. The number of rotatable bonds is 4. The molecule has 0 bridgehead atoms. The van der Waals surface area contributed by atoms with Gasteiger partial charge in [-0.2, -0.15) is 4.98 Å². The molecule has 0 radical (unpaired) electrons. The summed E-state index contributed by atoms with van der Waals surface area (Å²) in [5, 5.41) is 6.99. The van der Waals surface area contributed by atoms with Crippen molar-refractivity contribution >= 4 is 17.4 Å². The van der Waals surface area contributed by atoms with Gasteiger partial charge in [0.05, 0.1) is 0 Å². The number of amides is 1. The first-order valence-corrected chi connectivity index (χ1v) is 7.26. The van der Waals surface area contributed by atoms with Crippen LogP contribution in [0.15, 0.2) is 36.5 Å². The number of hydrogen-bond acceptors (Lipinski definition) is 4. The highest BCUT2D eigenvalue weighted by Crippen LogP contribution is 2.12. The molecule has 0 atom stereocenters. The molecule has 0 saturated carbocycles. The van der Waals surface area contributed by atoms with Crippen molar-refractivity contribution in [3.63, 3.8) is 0 Å². The topological polar surface area (TPSA) is 72.2 Å². The fourth-order valence-corrected chi connectivity index (χ4v) is 2.23. The van der Waals surface area contributed by atoms with Crippen molar-refractivity contribution < 1.29 is 4.79 Å². The van der Waals surface area contributed by atoms with E-state index in [1.54, 1.807) is 10.7 Å². The van der Waals surface area contributed by atoms with Crippen molar-refractivity contribution in [2.24, 2.45) is 0 Å². The smallest absolute Gasteiger partial charge is 0.295 e.